The molecule has 0 saturated heterocycles. The lowest BCUT2D eigenvalue weighted by molar-refractivity contribution is -0.384. The average molecular weight is 504 g/mol. The first kappa shape index (κ1) is 25.8. The van der Waals surface area contributed by atoms with E-state index in [9.17, 15) is 19.7 Å². The lowest BCUT2D eigenvalue weighted by atomic mass is 10.2. The van der Waals surface area contributed by atoms with Gasteiger partial charge in [-0.05, 0) is 31.5 Å². The van der Waals surface area contributed by atoms with Crippen LogP contribution in [0, 0.1) is 10.1 Å². The van der Waals surface area contributed by atoms with Crippen LogP contribution in [0.15, 0.2) is 40.3 Å². The van der Waals surface area contributed by atoms with Gasteiger partial charge in [-0.2, -0.15) is 0 Å². The first-order chi connectivity index (χ1) is 16.9. The van der Waals surface area contributed by atoms with Gasteiger partial charge >= 0.3 is 5.97 Å². The maximum Gasteiger partial charge on any atom is 0.305 e. The predicted octanol–water partition coefficient (Wildman–Crippen LogP) is 3.76. The molecule has 0 N–H and O–H groups in total. The molecule has 0 unspecified atom stereocenters. The molecule has 12 heteroatoms. The van der Waals surface area contributed by atoms with Gasteiger partial charge < -0.3 is 18.9 Å². The third kappa shape index (κ3) is 5.48. The zero-order chi connectivity index (χ0) is 25.5. The Hall–Kier alpha value is -3.80. The number of thioether (sulfide) groups is 1. The number of non-ortho nitro benzene ring substituents is 1. The Kier molecular flexibility index (Phi) is 8.53. The highest BCUT2D eigenvalue weighted by molar-refractivity contribution is 7.99. The molecule has 35 heavy (non-hydrogen) atoms. The molecule has 11 nitrogen and oxygen atoms in total. The number of rotatable bonds is 11. The predicted molar refractivity (Wildman–Crippen MR) is 130 cm³/mol. The molecule has 0 bridgehead atoms. The number of hydrogen-bond acceptors (Lipinski definition) is 10. The molecular weight excluding hydrogens is 478 g/mol. The summed E-state index contributed by atoms with van der Waals surface area (Å²) in [6.07, 6.45) is 0.727. The number of nitro groups is 1. The molecule has 1 heterocycles. The average Bonchev–Trinajstić information content (AvgIpc) is 2.85. The van der Waals surface area contributed by atoms with E-state index in [1.54, 1.807) is 6.92 Å². The fourth-order valence-electron chi connectivity index (χ4n) is 3.43. The molecule has 0 spiro atoms. The van der Waals surface area contributed by atoms with E-state index in [0.29, 0.717) is 41.1 Å². The number of fused-ring (bicyclic) bond motifs is 1. The van der Waals surface area contributed by atoms with Gasteiger partial charge in [0.05, 0.1) is 43.9 Å². The summed E-state index contributed by atoms with van der Waals surface area (Å²) in [6, 6.07) is 7.11. The van der Waals surface area contributed by atoms with Crippen LogP contribution in [0.2, 0.25) is 0 Å². The normalized spacial score (nSPS) is 10.7. The van der Waals surface area contributed by atoms with Crippen LogP contribution in [0.5, 0.6) is 17.2 Å². The summed E-state index contributed by atoms with van der Waals surface area (Å²) < 4.78 is 22.6. The van der Waals surface area contributed by atoms with Crippen molar-refractivity contribution >= 4 is 34.3 Å². The number of carbonyl (C=O) groups excluding carboxylic acids is 1. The highest BCUT2D eigenvalue weighted by atomic mass is 32.2. The lowest BCUT2D eigenvalue weighted by Crippen LogP contribution is -2.22. The summed E-state index contributed by atoms with van der Waals surface area (Å²) in [7, 11) is 4.33. The first-order valence-corrected chi connectivity index (χ1v) is 11.6. The van der Waals surface area contributed by atoms with E-state index >= 15 is 0 Å². The number of aromatic nitrogens is 2. The van der Waals surface area contributed by atoms with E-state index in [2.05, 4.69) is 0 Å². The van der Waals surface area contributed by atoms with E-state index < -0.39 is 10.5 Å². The van der Waals surface area contributed by atoms with Crippen LogP contribution in [0.1, 0.15) is 19.8 Å². The summed E-state index contributed by atoms with van der Waals surface area (Å²) in [4.78, 5) is 40.6. The summed E-state index contributed by atoms with van der Waals surface area (Å²) >= 11 is 1.27. The molecular formula is C23H25N3O8S. The van der Waals surface area contributed by atoms with Crippen LogP contribution in [0.3, 0.4) is 0 Å². The molecule has 1 aromatic heterocycles. The van der Waals surface area contributed by atoms with Crippen molar-refractivity contribution in [1.29, 1.82) is 0 Å². The van der Waals surface area contributed by atoms with Crippen molar-refractivity contribution < 1.29 is 28.7 Å². The zero-order valence-electron chi connectivity index (χ0n) is 19.7. The van der Waals surface area contributed by atoms with Crippen LogP contribution >= 0.6 is 11.8 Å². The topological polar surface area (TPSA) is 132 Å². The fourth-order valence-corrected chi connectivity index (χ4v) is 4.37. The molecule has 3 rings (SSSR count). The summed E-state index contributed by atoms with van der Waals surface area (Å²) in [5.41, 5.74) is 0.154. The quantitative estimate of drug-likeness (QED) is 0.0951. The van der Waals surface area contributed by atoms with Crippen molar-refractivity contribution in [2.45, 2.75) is 24.9 Å². The maximum absolute atomic E-state index is 13.7. The van der Waals surface area contributed by atoms with E-state index in [-0.39, 0.29) is 34.7 Å². The lowest BCUT2D eigenvalue weighted by Gasteiger charge is -2.17. The molecule has 186 valence electrons. The van der Waals surface area contributed by atoms with Crippen LogP contribution < -0.4 is 19.8 Å². The van der Waals surface area contributed by atoms with E-state index in [1.165, 1.54) is 68.0 Å². The van der Waals surface area contributed by atoms with Crippen LogP contribution in [0.4, 0.5) is 5.69 Å². The molecule has 0 aliphatic carbocycles. The van der Waals surface area contributed by atoms with Crippen molar-refractivity contribution in [3.8, 4) is 22.9 Å². The SMILES string of the molecule is CCOC(=O)CCCSc1nc2c(OC)c(OC)c(OC)cc2c(=O)n1-c1ccc([N+](=O)[O-])cc1. The Bertz CT molecular complexity index is 1290. The summed E-state index contributed by atoms with van der Waals surface area (Å²) in [5, 5.41) is 11.6. The largest absolute Gasteiger partial charge is 0.493 e. The number of nitrogens with zero attached hydrogens (tertiary/aromatic N) is 3. The minimum absolute atomic E-state index is 0.104. The summed E-state index contributed by atoms with van der Waals surface area (Å²) in [6.45, 7) is 2.05. The van der Waals surface area contributed by atoms with Gasteiger partial charge in [0.2, 0.25) is 5.75 Å². The van der Waals surface area contributed by atoms with E-state index in [0.717, 1.165) is 0 Å². The van der Waals surface area contributed by atoms with Gasteiger partial charge in [-0.15, -0.1) is 0 Å². The standard InChI is InChI=1S/C23H25N3O8S/c1-5-34-18(27)7-6-12-35-23-24-19-16(13-17(31-2)20(32-3)21(19)33-4)22(28)25(23)14-8-10-15(11-9-14)26(29)30/h8-11,13H,5-7,12H2,1-4H3. The molecule has 0 atom stereocenters. The second-order valence-corrected chi connectivity index (χ2v) is 8.17. The minimum atomic E-state index is -0.516. The number of carbonyl (C=O) groups is 1. The van der Waals surface area contributed by atoms with E-state index in [1.807, 2.05) is 0 Å². The summed E-state index contributed by atoms with van der Waals surface area (Å²) in [5.74, 6) is 0.995. The van der Waals surface area contributed by atoms with Crippen molar-refractivity contribution in [3.05, 3.63) is 50.8 Å². The Morgan fingerprint density at radius 2 is 1.80 bits per heavy atom. The molecule has 3 aromatic rings. The van der Waals surface area contributed by atoms with Crippen LogP contribution in [0.25, 0.3) is 16.6 Å². The van der Waals surface area contributed by atoms with Gasteiger partial charge in [-0.25, -0.2) is 4.98 Å². The smallest absolute Gasteiger partial charge is 0.305 e. The Labute approximate surface area is 205 Å². The van der Waals surface area contributed by atoms with Gasteiger partial charge in [0.15, 0.2) is 16.7 Å². The molecule has 0 saturated carbocycles. The molecule has 0 amide bonds. The fraction of sp³-hybridized carbons (Fsp3) is 0.348. The Morgan fingerprint density at radius 1 is 1.11 bits per heavy atom. The number of methoxy groups -OCH3 is 3. The number of esters is 1. The second kappa shape index (κ2) is 11.6. The minimum Gasteiger partial charge on any atom is -0.493 e. The number of benzene rings is 2. The Balaban J connectivity index is 2.16. The van der Waals surface area contributed by atoms with Gasteiger partial charge in [-0.1, -0.05) is 11.8 Å². The van der Waals surface area contributed by atoms with Crippen molar-refractivity contribution in [2.75, 3.05) is 33.7 Å². The van der Waals surface area contributed by atoms with E-state index in [4.69, 9.17) is 23.9 Å². The second-order valence-electron chi connectivity index (χ2n) is 7.11. The molecule has 0 radical (unpaired) electrons. The third-order valence-electron chi connectivity index (χ3n) is 5.02. The van der Waals surface area contributed by atoms with Gasteiger partial charge in [0.25, 0.3) is 11.2 Å². The van der Waals surface area contributed by atoms with Crippen LogP contribution in [-0.4, -0.2) is 54.1 Å². The third-order valence-corrected chi connectivity index (χ3v) is 6.04. The number of hydrogen-bond donors (Lipinski definition) is 0. The van der Waals surface area contributed by atoms with Gasteiger partial charge in [0, 0.05) is 24.3 Å². The highest BCUT2D eigenvalue weighted by Gasteiger charge is 2.23. The zero-order valence-corrected chi connectivity index (χ0v) is 20.5. The maximum atomic E-state index is 13.7. The highest BCUT2D eigenvalue weighted by Crippen LogP contribution is 2.42. The Morgan fingerprint density at radius 3 is 2.37 bits per heavy atom. The van der Waals surface area contributed by atoms with Crippen molar-refractivity contribution in [2.24, 2.45) is 0 Å². The number of ether oxygens (including phenoxy) is 4. The van der Waals surface area contributed by atoms with Gasteiger partial charge in [-0.3, -0.25) is 24.3 Å². The molecule has 0 aliphatic heterocycles. The molecule has 0 aliphatic rings. The number of nitro benzene ring substituents is 1. The first-order valence-electron chi connectivity index (χ1n) is 10.6. The van der Waals surface area contributed by atoms with Gasteiger partial charge in [0.1, 0.15) is 5.52 Å². The van der Waals surface area contributed by atoms with Crippen molar-refractivity contribution in [1.82, 2.24) is 9.55 Å². The van der Waals surface area contributed by atoms with Crippen LogP contribution in [-0.2, 0) is 9.53 Å². The molecule has 2 aromatic carbocycles. The monoisotopic (exact) mass is 503 g/mol. The molecule has 0 fully saturated rings. The van der Waals surface area contributed by atoms with Crippen molar-refractivity contribution in [3.63, 3.8) is 0 Å².